The summed E-state index contributed by atoms with van der Waals surface area (Å²) in [6.45, 7) is 0. The van der Waals surface area contributed by atoms with Gasteiger partial charge in [-0.15, -0.1) is 0 Å². The summed E-state index contributed by atoms with van der Waals surface area (Å²) in [7, 11) is 0. The molecule has 5 heteroatoms. The van der Waals surface area contributed by atoms with Crippen LogP contribution in [0, 0.1) is 0 Å². The Kier molecular flexibility index (Phi) is 7.78. The van der Waals surface area contributed by atoms with Crippen LogP contribution in [0.1, 0.15) is 40.4 Å². The molecule has 0 saturated heterocycles. The van der Waals surface area contributed by atoms with Gasteiger partial charge in [-0.3, -0.25) is 0 Å². The summed E-state index contributed by atoms with van der Waals surface area (Å²) in [6, 6.07) is 59.2. The highest BCUT2D eigenvalue weighted by atomic mass is 16.6. The van der Waals surface area contributed by atoms with Gasteiger partial charge in [0.05, 0.1) is 5.41 Å². The second-order valence-corrected chi connectivity index (χ2v) is 14.7. The Bertz CT molecular complexity index is 2850. The van der Waals surface area contributed by atoms with Gasteiger partial charge in [0.25, 0.3) is 0 Å². The molecule has 1 aliphatic heterocycles. The Labute approximate surface area is 331 Å². The van der Waals surface area contributed by atoms with Crippen molar-refractivity contribution < 1.29 is 9.47 Å². The topological polar surface area (TPSA) is 57.1 Å². The summed E-state index contributed by atoms with van der Waals surface area (Å²) in [5.41, 5.74) is 10.3. The molecule has 0 radical (unpaired) electrons. The third kappa shape index (κ3) is 5.42. The van der Waals surface area contributed by atoms with E-state index in [9.17, 15) is 0 Å². The van der Waals surface area contributed by atoms with E-state index in [1.54, 1.807) is 0 Å². The van der Waals surface area contributed by atoms with Crippen molar-refractivity contribution in [3.05, 3.63) is 222 Å². The van der Waals surface area contributed by atoms with Gasteiger partial charge in [-0.1, -0.05) is 170 Å². The van der Waals surface area contributed by atoms with E-state index in [1.807, 2.05) is 36.4 Å². The quantitative estimate of drug-likeness (QED) is 0.170. The van der Waals surface area contributed by atoms with Crippen LogP contribution in [0.15, 0.2) is 194 Å². The summed E-state index contributed by atoms with van der Waals surface area (Å²) >= 11 is 0. The molecule has 7 aromatic carbocycles. The van der Waals surface area contributed by atoms with Crippen LogP contribution >= 0.6 is 0 Å². The van der Waals surface area contributed by atoms with Gasteiger partial charge in [-0.25, -0.2) is 15.0 Å². The first-order chi connectivity index (χ1) is 28.2. The van der Waals surface area contributed by atoms with Crippen LogP contribution in [0.3, 0.4) is 0 Å². The number of hydrogen-bond acceptors (Lipinski definition) is 5. The van der Waals surface area contributed by atoms with Crippen molar-refractivity contribution in [3.8, 4) is 68.0 Å². The molecule has 1 aromatic heterocycles. The Morgan fingerprint density at radius 1 is 0.474 bits per heavy atom. The minimum Gasteiger partial charge on any atom is -0.449 e. The van der Waals surface area contributed by atoms with E-state index in [0.717, 1.165) is 51.4 Å². The second kappa shape index (κ2) is 13.4. The lowest BCUT2D eigenvalue weighted by Crippen LogP contribution is -2.28. The molecule has 0 spiro atoms. The minimum atomic E-state index is -0.533. The molecule has 2 heterocycles. The molecule has 0 saturated carbocycles. The number of aromatic nitrogens is 3. The number of fused-ring (bicyclic) bond motifs is 6. The average Bonchev–Trinajstić information content (AvgIpc) is 3.61. The lowest BCUT2D eigenvalue weighted by molar-refractivity contribution is 0.360. The molecule has 1 atom stereocenters. The molecular weight excluding hydrogens is 699 g/mol. The van der Waals surface area contributed by atoms with Gasteiger partial charge in [0.1, 0.15) is 5.82 Å². The Morgan fingerprint density at radius 3 is 1.88 bits per heavy atom. The minimum absolute atomic E-state index is 0.0852. The van der Waals surface area contributed by atoms with E-state index in [-0.39, 0.29) is 5.92 Å². The van der Waals surface area contributed by atoms with Gasteiger partial charge < -0.3 is 9.47 Å². The van der Waals surface area contributed by atoms with E-state index in [0.29, 0.717) is 28.9 Å². The molecule has 8 aromatic rings. The van der Waals surface area contributed by atoms with Crippen LogP contribution in [0.25, 0.3) is 45.0 Å². The zero-order chi connectivity index (χ0) is 37.8. The van der Waals surface area contributed by atoms with E-state index < -0.39 is 5.41 Å². The van der Waals surface area contributed by atoms with E-state index in [4.69, 9.17) is 24.4 Å². The smallest absolute Gasteiger partial charge is 0.178 e. The standard InChI is InChI=1S/C52H35N3O2/c1-5-16-34(17-6-1)49-53-50(35-18-7-2-8-19-35)55-51(54-49)38-21-15-20-36(32-38)37-28-30-44-46(33-37)57-48-45(56-44)31-29-43-47(48)41-26-13-14-27-42(41)52(43,39-22-9-3-10-23-39)40-24-11-4-12-25-40/h1-18,20-33,35H,19H2. The van der Waals surface area contributed by atoms with Crippen LogP contribution in [0.5, 0.6) is 23.0 Å². The lowest BCUT2D eigenvalue weighted by atomic mass is 9.68. The highest BCUT2D eigenvalue weighted by Gasteiger charge is 2.48. The molecule has 2 aliphatic carbocycles. The monoisotopic (exact) mass is 733 g/mol. The first kappa shape index (κ1) is 33.0. The summed E-state index contributed by atoms with van der Waals surface area (Å²) in [6.07, 6.45) is 9.31. The third-order valence-electron chi connectivity index (χ3n) is 11.4. The molecule has 0 fully saturated rings. The van der Waals surface area contributed by atoms with Crippen molar-refractivity contribution in [2.24, 2.45) is 0 Å². The fourth-order valence-electron chi connectivity index (χ4n) is 8.76. The highest BCUT2D eigenvalue weighted by molar-refractivity contribution is 5.92. The number of rotatable bonds is 6. The van der Waals surface area contributed by atoms with Gasteiger partial charge in [-0.05, 0) is 69.6 Å². The van der Waals surface area contributed by atoms with Gasteiger partial charge >= 0.3 is 0 Å². The van der Waals surface area contributed by atoms with Gasteiger partial charge in [0, 0.05) is 22.6 Å². The van der Waals surface area contributed by atoms with Gasteiger partial charge in [0.2, 0.25) is 0 Å². The van der Waals surface area contributed by atoms with Crippen molar-refractivity contribution in [2.75, 3.05) is 0 Å². The maximum atomic E-state index is 7.00. The Morgan fingerprint density at radius 2 is 1.12 bits per heavy atom. The second-order valence-electron chi connectivity index (χ2n) is 14.7. The molecular formula is C52H35N3O2. The summed E-state index contributed by atoms with van der Waals surface area (Å²) in [5, 5.41) is 0. The SMILES string of the molecule is C1=CCC(c2nc(-c3ccccc3)nc(-c3cccc(-c4ccc5c(c4)Oc4c(ccc6c4-c4ccccc4C6(c4ccccc4)c4ccccc4)O5)c3)n2)C=C1. The molecule has 3 aliphatic rings. The maximum absolute atomic E-state index is 7.00. The normalized spacial score (nSPS) is 15.4. The van der Waals surface area contributed by atoms with E-state index >= 15 is 0 Å². The molecule has 57 heavy (non-hydrogen) atoms. The number of hydrogen-bond donors (Lipinski definition) is 0. The molecule has 1 unspecified atom stereocenters. The third-order valence-corrected chi connectivity index (χ3v) is 11.4. The maximum Gasteiger partial charge on any atom is 0.178 e. The molecule has 0 N–H and O–H groups in total. The number of ether oxygens (including phenoxy) is 2. The molecule has 270 valence electrons. The van der Waals surface area contributed by atoms with Crippen molar-refractivity contribution >= 4 is 0 Å². The summed E-state index contributed by atoms with van der Waals surface area (Å²) in [4.78, 5) is 15.0. The fourth-order valence-corrected chi connectivity index (χ4v) is 8.76. The van der Waals surface area contributed by atoms with Crippen LogP contribution in [0.4, 0.5) is 0 Å². The van der Waals surface area contributed by atoms with Crippen LogP contribution < -0.4 is 9.47 Å². The molecule has 0 amide bonds. The number of allylic oxidation sites excluding steroid dienone is 4. The first-order valence-corrected chi connectivity index (χ1v) is 19.4. The van der Waals surface area contributed by atoms with Crippen molar-refractivity contribution in [1.29, 1.82) is 0 Å². The first-order valence-electron chi connectivity index (χ1n) is 19.4. The highest BCUT2D eigenvalue weighted by Crippen LogP contribution is 2.62. The zero-order valence-electron chi connectivity index (χ0n) is 30.9. The summed E-state index contributed by atoms with van der Waals surface area (Å²) in [5.74, 6) is 4.93. The van der Waals surface area contributed by atoms with Crippen LogP contribution in [-0.2, 0) is 5.41 Å². The summed E-state index contributed by atoms with van der Waals surface area (Å²) < 4.78 is 13.6. The lowest BCUT2D eigenvalue weighted by Gasteiger charge is -2.34. The molecule has 0 bridgehead atoms. The number of nitrogens with zero attached hydrogens (tertiary/aromatic N) is 3. The molecule has 11 rings (SSSR count). The van der Waals surface area contributed by atoms with Gasteiger partial charge in [0.15, 0.2) is 34.6 Å². The van der Waals surface area contributed by atoms with Gasteiger partial charge in [-0.2, -0.15) is 0 Å². The van der Waals surface area contributed by atoms with Crippen LogP contribution in [0.2, 0.25) is 0 Å². The largest absolute Gasteiger partial charge is 0.449 e. The van der Waals surface area contributed by atoms with Crippen molar-refractivity contribution in [2.45, 2.75) is 17.8 Å². The Balaban J connectivity index is 1.00. The predicted octanol–water partition coefficient (Wildman–Crippen LogP) is 12.7. The zero-order valence-corrected chi connectivity index (χ0v) is 30.9. The number of benzene rings is 7. The predicted molar refractivity (Wildman–Crippen MR) is 226 cm³/mol. The van der Waals surface area contributed by atoms with Crippen molar-refractivity contribution in [1.82, 2.24) is 15.0 Å². The van der Waals surface area contributed by atoms with E-state index in [1.165, 1.54) is 22.3 Å². The fraction of sp³-hybridized carbons (Fsp3) is 0.0577. The van der Waals surface area contributed by atoms with Crippen LogP contribution in [-0.4, -0.2) is 15.0 Å². The van der Waals surface area contributed by atoms with E-state index in [2.05, 4.69) is 158 Å². The Hall–Kier alpha value is -7.37. The average molecular weight is 734 g/mol. The molecule has 5 nitrogen and oxygen atoms in total. The van der Waals surface area contributed by atoms with Crippen molar-refractivity contribution in [3.63, 3.8) is 0 Å².